The summed E-state index contributed by atoms with van der Waals surface area (Å²) in [5.74, 6) is 0. The van der Waals surface area contributed by atoms with Crippen LogP contribution < -0.4 is 5.32 Å². The molecule has 0 spiro atoms. The fourth-order valence-electron chi connectivity index (χ4n) is 2.65. The summed E-state index contributed by atoms with van der Waals surface area (Å²) in [6, 6.07) is 6.74. The summed E-state index contributed by atoms with van der Waals surface area (Å²) in [6.45, 7) is 4.42. The first kappa shape index (κ1) is 13.3. The molecule has 2 rings (SSSR count). The quantitative estimate of drug-likeness (QED) is 0.666. The molecule has 0 amide bonds. The van der Waals surface area contributed by atoms with Crippen molar-refractivity contribution in [3.8, 4) is 6.07 Å². The number of nitro benzene ring substituents is 1. The number of benzene rings is 1. The minimum absolute atomic E-state index is 0.0243. The lowest BCUT2D eigenvalue weighted by Gasteiger charge is -2.18. The van der Waals surface area contributed by atoms with Crippen LogP contribution in [0.5, 0.6) is 0 Å². The van der Waals surface area contributed by atoms with Gasteiger partial charge in [-0.2, -0.15) is 5.26 Å². The Morgan fingerprint density at radius 1 is 1.53 bits per heavy atom. The van der Waals surface area contributed by atoms with E-state index in [1.165, 1.54) is 6.07 Å². The Balaban J connectivity index is 2.21. The van der Waals surface area contributed by atoms with Crippen LogP contribution in [-0.2, 0) is 0 Å². The average Bonchev–Trinajstić information content (AvgIpc) is 2.69. The smallest absolute Gasteiger partial charge is 0.293 e. The summed E-state index contributed by atoms with van der Waals surface area (Å²) in [5.41, 5.74) is 1.08. The van der Waals surface area contributed by atoms with Crippen molar-refractivity contribution in [2.24, 2.45) is 5.41 Å². The first-order valence-electron chi connectivity index (χ1n) is 6.36. The van der Waals surface area contributed by atoms with Crippen LogP contribution in [-0.4, -0.2) is 11.0 Å². The maximum absolute atomic E-state index is 11.0. The molecule has 0 heterocycles. The van der Waals surface area contributed by atoms with Crippen LogP contribution in [0.2, 0.25) is 0 Å². The topological polar surface area (TPSA) is 79.0 Å². The van der Waals surface area contributed by atoms with E-state index in [1.807, 2.05) is 6.07 Å². The summed E-state index contributed by atoms with van der Waals surface area (Å²) in [5, 5.41) is 23.1. The molecule has 0 saturated heterocycles. The lowest BCUT2D eigenvalue weighted by atomic mass is 9.92. The van der Waals surface area contributed by atoms with Crippen LogP contribution in [0.1, 0.15) is 38.7 Å². The third-order valence-corrected chi connectivity index (χ3v) is 3.65. The van der Waals surface area contributed by atoms with Crippen molar-refractivity contribution in [3.05, 3.63) is 33.9 Å². The second-order valence-electron chi connectivity index (χ2n) is 5.85. The van der Waals surface area contributed by atoms with Gasteiger partial charge in [0.2, 0.25) is 0 Å². The largest absolute Gasteiger partial charge is 0.377 e. The molecule has 19 heavy (non-hydrogen) atoms. The number of nitrogens with zero attached hydrogens (tertiary/aromatic N) is 2. The van der Waals surface area contributed by atoms with Gasteiger partial charge in [-0.3, -0.25) is 10.1 Å². The zero-order chi connectivity index (χ0) is 14.0. The molecule has 1 fully saturated rings. The highest BCUT2D eigenvalue weighted by Gasteiger charge is 2.31. The van der Waals surface area contributed by atoms with Gasteiger partial charge in [0.15, 0.2) is 0 Å². The van der Waals surface area contributed by atoms with Crippen molar-refractivity contribution in [1.82, 2.24) is 0 Å². The summed E-state index contributed by atoms with van der Waals surface area (Å²) in [7, 11) is 0. The minimum atomic E-state index is -0.441. The molecule has 1 unspecified atom stereocenters. The van der Waals surface area contributed by atoms with Gasteiger partial charge in [-0.25, -0.2) is 0 Å². The molecule has 5 nitrogen and oxygen atoms in total. The molecule has 1 atom stereocenters. The van der Waals surface area contributed by atoms with Gasteiger partial charge in [0, 0.05) is 12.1 Å². The molecule has 1 saturated carbocycles. The number of hydrogen-bond donors (Lipinski definition) is 1. The van der Waals surface area contributed by atoms with Crippen LogP contribution in [0.15, 0.2) is 18.2 Å². The third-order valence-electron chi connectivity index (χ3n) is 3.65. The maximum atomic E-state index is 11.0. The Morgan fingerprint density at radius 3 is 2.79 bits per heavy atom. The molecule has 0 bridgehead atoms. The summed E-state index contributed by atoms with van der Waals surface area (Å²) >= 11 is 0. The second kappa shape index (κ2) is 4.88. The van der Waals surface area contributed by atoms with Crippen molar-refractivity contribution >= 4 is 11.4 Å². The van der Waals surface area contributed by atoms with Crippen molar-refractivity contribution in [2.45, 2.75) is 39.2 Å². The van der Waals surface area contributed by atoms with Gasteiger partial charge in [-0.05, 0) is 36.8 Å². The fourth-order valence-corrected chi connectivity index (χ4v) is 2.65. The summed E-state index contributed by atoms with van der Waals surface area (Å²) < 4.78 is 0. The molecular weight excluding hydrogens is 242 g/mol. The minimum Gasteiger partial charge on any atom is -0.377 e. The molecule has 1 N–H and O–H groups in total. The van der Waals surface area contributed by atoms with Crippen LogP contribution in [0.25, 0.3) is 0 Å². The molecule has 100 valence electrons. The third kappa shape index (κ3) is 3.02. The van der Waals surface area contributed by atoms with E-state index in [2.05, 4.69) is 19.2 Å². The predicted molar refractivity (Wildman–Crippen MR) is 72.9 cm³/mol. The number of rotatable bonds is 3. The highest BCUT2D eigenvalue weighted by molar-refractivity contribution is 5.64. The first-order valence-corrected chi connectivity index (χ1v) is 6.36. The Morgan fingerprint density at radius 2 is 2.26 bits per heavy atom. The normalized spacial score (nSPS) is 20.8. The number of hydrogen-bond acceptors (Lipinski definition) is 4. The Kier molecular flexibility index (Phi) is 3.43. The van der Waals surface area contributed by atoms with Gasteiger partial charge in [-0.1, -0.05) is 13.8 Å². The monoisotopic (exact) mass is 259 g/mol. The van der Waals surface area contributed by atoms with E-state index in [0.29, 0.717) is 16.7 Å². The van der Waals surface area contributed by atoms with E-state index >= 15 is 0 Å². The number of nitrogens with one attached hydrogen (secondary N) is 1. The van der Waals surface area contributed by atoms with E-state index in [4.69, 9.17) is 5.26 Å². The Hall–Kier alpha value is -2.09. The lowest BCUT2D eigenvalue weighted by molar-refractivity contribution is -0.384. The van der Waals surface area contributed by atoms with Crippen molar-refractivity contribution < 1.29 is 4.92 Å². The zero-order valence-corrected chi connectivity index (χ0v) is 11.1. The van der Waals surface area contributed by atoms with Gasteiger partial charge in [0.25, 0.3) is 5.69 Å². The van der Waals surface area contributed by atoms with Crippen molar-refractivity contribution in [2.75, 3.05) is 5.32 Å². The predicted octanol–water partition coefficient (Wildman–Crippen LogP) is 3.46. The van der Waals surface area contributed by atoms with Gasteiger partial charge < -0.3 is 5.32 Å². The maximum Gasteiger partial charge on any atom is 0.293 e. The number of anilines is 1. The summed E-state index contributed by atoms with van der Waals surface area (Å²) in [6.07, 6.45) is 3.14. The standard InChI is InChI=1S/C14H17N3O2/c1-14(2)6-5-11(8-14)16-12-4-3-10(9-15)7-13(12)17(18)19/h3-4,7,11,16H,5-6,8H2,1-2H3. The Bertz CT molecular complexity index is 546. The molecular formula is C14H17N3O2. The van der Waals surface area contributed by atoms with Crippen LogP contribution in [0, 0.1) is 26.9 Å². The van der Waals surface area contributed by atoms with Crippen LogP contribution >= 0.6 is 0 Å². The van der Waals surface area contributed by atoms with E-state index in [0.717, 1.165) is 19.3 Å². The van der Waals surface area contributed by atoms with E-state index in [9.17, 15) is 10.1 Å². The first-order chi connectivity index (χ1) is 8.91. The Labute approximate surface area is 112 Å². The molecule has 1 aromatic carbocycles. The lowest BCUT2D eigenvalue weighted by Crippen LogP contribution is -2.18. The number of nitro groups is 1. The highest BCUT2D eigenvalue weighted by Crippen LogP contribution is 2.39. The van der Waals surface area contributed by atoms with Gasteiger partial charge in [0.1, 0.15) is 5.69 Å². The fraction of sp³-hybridized carbons (Fsp3) is 0.500. The van der Waals surface area contributed by atoms with Gasteiger partial charge in [-0.15, -0.1) is 0 Å². The molecule has 5 heteroatoms. The van der Waals surface area contributed by atoms with Crippen LogP contribution in [0.4, 0.5) is 11.4 Å². The highest BCUT2D eigenvalue weighted by atomic mass is 16.6. The molecule has 1 aliphatic rings. The summed E-state index contributed by atoms with van der Waals surface area (Å²) in [4.78, 5) is 10.6. The zero-order valence-electron chi connectivity index (χ0n) is 11.1. The molecule has 1 aliphatic carbocycles. The van der Waals surface area contributed by atoms with Crippen LogP contribution in [0.3, 0.4) is 0 Å². The van der Waals surface area contributed by atoms with E-state index in [-0.39, 0.29) is 11.7 Å². The average molecular weight is 259 g/mol. The van der Waals surface area contributed by atoms with E-state index < -0.39 is 4.92 Å². The second-order valence-corrected chi connectivity index (χ2v) is 5.85. The van der Waals surface area contributed by atoms with Crippen molar-refractivity contribution in [1.29, 1.82) is 5.26 Å². The molecule has 1 aromatic rings. The molecule has 0 aliphatic heterocycles. The SMILES string of the molecule is CC1(C)CCC(Nc2ccc(C#N)cc2[N+](=O)[O-])C1. The van der Waals surface area contributed by atoms with E-state index in [1.54, 1.807) is 12.1 Å². The van der Waals surface area contributed by atoms with Gasteiger partial charge in [0.05, 0.1) is 16.6 Å². The van der Waals surface area contributed by atoms with Gasteiger partial charge >= 0.3 is 0 Å². The number of nitriles is 1. The molecule has 0 aromatic heterocycles. The van der Waals surface area contributed by atoms with Crippen molar-refractivity contribution in [3.63, 3.8) is 0 Å². The molecule has 0 radical (unpaired) electrons.